The fourth-order valence-corrected chi connectivity index (χ4v) is 3.46. The summed E-state index contributed by atoms with van der Waals surface area (Å²) in [6.45, 7) is 0.0446. The Kier molecular flexibility index (Phi) is 3.65. The van der Waals surface area contributed by atoms with Crippen LogP contribution in [0.15, 0.2) is 70.9 Å². The Morgan fingerprint density at radius 1 is 0.893 bits per heavy atom. The summed E-state index contributed by atoms with van der Waals surface area (Å²) < 4.78 is 10.5. The summed E-state index contributed by atoms with van der Waals surface area (Å²) in [5, 5.41) is 19.9. The SMILES string of the molecule is O=[N+]([O-])c1cc2c(cc1C=NN=C1c3ccccc3-c3ccccc31)OCO2. The average Bonchev–Trinajstić information content (AvgIpc) is 3.30. The van der Waals surface area contributed by atoms with Crippen molar-refractivity contribution in [2.45, 2.75) is 0 Å². The fraction of sp³-hybridized carbons (Fsp3) is 0.0476. The number of nitro benzene ring substituents is 1. The van der Waals surface area contributed by atoms with Crippen molar-refractivity contribution in [3.63, 3.8) is 0 Å². The van der Waals surface area contributed by atoms with Gasteiger partial charge in [0.05, 0.1) is 22.8 Å². The van der Waals surface area contributed by atoms with Crippen LogP contribution in [0.2, 0.25) is 0 Å². The van der Waals surface area contributed by atoms with Gasteiger partial charge in [-0.1, -0.05) is 48.5 Å². The molecular weight excluding hydrogens is 358 g/mol. The highest BCUT2D eigenvalue weighted by Gasteiger charge is 2.25. The van der Waals surface area contributed by atoms with Gasteiger partial charge in [0.2, 0.25) is 6.79 Å². The summed E-state index contributed by atoms with van der Waals surface area (Å²) in [4.78, 5) is 10.9. The van der Waals surface area contributed by atoms with Gasteiger partial charge in [-0.3, -0.25) is 10.1 Å². The van der Waals surface area contributed by atoms with Gasteiger partial charge in [-0.05, 0) is 17.2 Å². The first-order valence-corrected chi connectivity index (χ1v) is 8.60. The lowest BCUT2D eigenvalue weighted by Crippen LogP contribution is -1.98. The number of ether oxygens (including phenoxy) is 2. The molecule has 0 radical (unpaired) electrons. The van der Waals surface area contributed by atoms with Gasteiger partial charge in [0, 0.05) is 11.1 Å². The van der Waals surface area contributed by atoms with Crippen molar-refractivity contribution in [2.75, 3.05) is 6.79 Å². The Morgan fingerprint density at radius 2 is 1.46 bits per heavy atom. The highest BCUT2D eigenvalue weighted by molar-refractivity contribution is 6.24. The molecule has 0 aromatic heterocycles. The Balaban J connectivity index is 1.57. The van der Waals surface area contributed by atoms with Crippen molar-refractivity contribution in [3.8, 4) is 22.6 Å². The molecule has 28 heavy (non-hydrogen) atoms. The predicted molar refractivity (Wildman–Crippen MR) is 104 cm³/mol. The molecular formula is C21H13N3O4. The lowest BCUT2D eigenvalue weighted by atomic mass is 10.1. The summed E-state index contributed by atoms with van der Waals surface area (Å²) in [6.07, 6.45) is 1.37. The van der Waals surface area contributed by atoms with Gasteiger partial charge in [-0.25, -0.2) is 0 Å². The summed E-state index contributed by atoms with van der Waals surface area (Å²) in [5.41, 5.74) is 5.11. The molecule has 1 heterocycles. The van der Waals surface area contributed by atoms with E-state index in [1.807, 2.05) is 48.5 Å². The molecule has 2 aliphatic rings. The first kappa shape index (κ1) is 16.2. The van der Waals surface area contributed by atoms with E-state index in [2.05, 4.69) is 10.2 Å². The van der Waals surface area contributed by atoms with Crippen LogP contribution in [-0.4, -0.2) is 23.6 Å². The molecule has 136 valence electrons. The molecule has 0 spiro atoms. The van der Waals surface area contributed by atoms with Crippen molar-refractivity contribution in [2.24, 2.45) is 10.2 Å². The van der Waals surface area contributed by atoms with Crippen LogP contribution in [-0.2, 0) is 0 Å². The molecule has 0 saturated heterocycles. The van der Waals surface area contributed by atoms with Crippen LogP contribution >= 0.6 is 0 Å². The standard InChI is InChI=1S/C21H13N3O4/c25-24(26)18-10-20-19(27-12-28-20)9-13(18)11-22-23-21-16-7-3-1-5-14(16)15-6-2-4-8-17(15)21/h1-11H,12H2. The van der Waals surface area contributed by atoms with E-state index < -0.39 is 4.92 Å². The topological polar surface area (TPSA) is 86.3 Å². The van der Waals surface area contributed by atoms with Gasteiger partial charge < -0.3 is 9.47 Å². The first-order valence-electron chi connectivity index (χ1n) is 8.60. The van der Waals surface area contributed by atoms with Crippen molar-refractivity contribution in [3.05, 3.63) is 87.5 Å². The molecule has 7 nitrogen and oxygen atoms in total. The van der Waals surface area contributed by atoms with Gasteiger partial charge in [-0.2, -0.15) is 5.10 Å². The van der Waals surface area contributed by atoms with Gasteiger partial charge >= 0.3 is 0 Å². The number of benzene rings is 3. The zero-order chi connectivity index (χ0) is 19.1. The van der Waals surface area contributed by atoms with Crippen molar-refractivity contribution < 1.29 is 14.4 Å². The number of nitro groups is 1. The Morgan fingerprint density at radius 3 is 2.07 bits per heavy atom. The lowest BCUT2D eigenvalue weighted by molar-refractivity contribution is -0.385. The largest absolute Gasteiger partial charge is 0.454 e. The van der Waals surface area contributed by atoms with Crippen LogP contribution in [0.1, 0.15) is 16.7 Å². The molecule has 0 unspecified atom stereocenters. The summed E-state index contributed by atoms with van der Waals surface area (Å²) >= 11 is 0. The number of nitrogens with zero attached hydrogens (tertiary/aromatic N) is 3. The number of fused-ring (bicyclic) bond motifs is 4. The van der Waals surface area contributed by atoms with Gasteiger partial charge in [-0.15, -0.1) is 5.10 Å². The van der Waals surface area contributed by atoms with Crippen molar-refractivity contribution in [1.29, 1.82) is 0 Å². The van der Waals surface area contributed by atoms with Crippen LogP contribution < -0.4 is 9.47 Å². The van der Waals surface area contributed by atoms with Crippen molar-refractivity contribution >= 4 is 17.6 Å². The van der Waals surface area contributed by atoms with E-state index in [1.165, 1.54) is 12.3 Å². The molecule has 7 heteroatoms. The number of rotatable bonds is 3. The average molecular weight is 371 g/mol. The normalized spacial score (nSPS) is 13.5. The maximum absolute atomic E-state index is 11.4. The smallest absolute Gasteiger partial charge is 0.282 e. The summed E-state index contributed by atoms with van der Waals surface area (Å²) in [7, 11) is 0. The van der Waals surface area contributed by atoms with Crippen LogP contribution in [0.25, 0.3) is 11.1 Å². The number of hydrogen-bond donors (Lipinski definition) is 0. The summed E-state index contributed by atoms with van der Waals surface area (Å²) in [6, 6.07) is 18.8. The molecule has 0 bridgehead atoms. The predicted octanol–water partition coefficient (Wildman–Crippen LogP) is 4.18. The van der Waals surface area contributed by atoms with E-state index in [0.29, 0.717) is 17.1 Å². The molecule has 3 aromatic carbocycles. The third kappa shape index (κ3) is 2.52. The van der Waals surface area contributed by atoms with E-state index in [-0.39, 0.29) is 12.5 Å². The van der Waals surface area contributed by atoms with Gasteiger partial charge in [0.15, 0.2) is 11.5 Å². The first-order chi connectivity index (χ1) is 13.7. The fourth-order valence-electron chi connectivity index (χ4n) is 3.46. The Bertz CT molecular complexity index is 1140. The van der Waals surface area contributed by atoms with E-state index >= 15 is 0 Å². The maximum atomic E-state index is 11.4. The second-order valence-electron chi connectivity index (χ2n) is 6.31. The molecule has 1 aliphatic carbocycles. The molecule has 0 saturated carbocycles. The minimum Gasteiger partial charge on any atom is -0.454 e. The minimum absolute atomic E-state index is 0.0446. The van der Waals surface area contributed by atoms with Crippen LogP contribution in [0, 0.1) is 10.1 Å². The minimum atomic E-state index is -0.476. The zero-order valence-electron chi connectivity index (χ0n) is 14.5. The third-order valence-electron chi connectivity index (χ3n) is 4.73. The van der Waals surface area contributed by atoms with E-state index in [1.54, 1.807) is 6.07 Å². The second kappa shape index (κ2) is 6.31. The summed E-state index contributed by atoms with van der Waals surface area (Å²) in [5.74, 6) is 0.810. The molecule has 0 amide bonds. The maximum Gasteiger partial charge on any atom is 0.282 e. The monoisotopic (exact) mass is 371 g/mol. The highest BCUT2D eigenvalue weighted by Crippen LogP contribution is 2.38. The molecule has 0 N–H and O–H groups in total. The lowest BCUT2D eigenvalue weighted by Gasteiger charge is -2.00. The quantitative estimate of drug-likeness (QED) is 0.307. The van der Waals surface area contributed by atoms with E-state index in [0.717, 1.165) is 28.0 Å². The van der Waals surface area contributed by atoms with Gasteiger partial charge in [0.1, 0.15) is 5.71 Å². The Hall–Kier alpha value is -4.00. The van der Waals surface area contributed by atoms with Crippen LogP contribution in [0.4, 0.5) is 5.69 Å². The molecule has 0 atom stereocenters. The Labute approximate surface area is 159 Å². The molecule has 1 aliphatic heterocycles. The van der Waals surface area contributed by atoms with Gasteiger partial charge in [0.25, 0.3) is 5.69 Å². The third-order valence-corrected chi connectivity index (χ3v) is 4.73. The van der Waals surface area contributed by atoms with Crippen LogP contribution in [0.5, 0.6) is 11.5 Å². The van der Waals surface area contributed by atoms with E-state index in [4.69, 9.17) is 9.47 Å². The van der Waals surface area contributed by atoms with Crippen LogP contribution in [0.3, 0.4) is 0 Å². The van der Waals surface area contributed by atoms with E-state index in [9.17, 15) is 10.1 Å². The highest BCUT2D eigenvalue weighted by atomic mass is 16.7. The number of hydrogen-bond acceptors (Lipinski definition) is 6. The van der Waals surface area contributed by atoms with Crippen molar-refractivity contribution in [1.82, 2.24) is 0 Å². The molecule has 0 fully saturated rings. The molecule has 5 rings (SSSR count). The second-order valence-corrected chi connectivity index (χ2v) is 6.31. The molecule has 3 aromatic rings. The zero-order valence-corrected chi connectivity index (χ0v) is 14.5.